The average Bonchev–Trinajstić information content (AvgIpc) is 2.91. The Morgan fingerprint density at radius 3 is 1.36 bits per heavy atom. The van der Waals surface area contributed by atoms with Crippen LogP contribution in [-0.4, -0.2) is 45.0 Å². The SMILES string of the molecule is COc1cccc(OC)c1C(=O)P(=O)(C(=O)c1cc(C)ccc1C)C(=O)c1c(OC)cccc1OC. The van der Waals surface area contributed by atoms with E-state index in [-0.39, 0.29) is 39.7 Å². The van der Waals surface area contributed by atoms with Crippen LogP contribution in [0.1, 0.15) is 42.2 Å². The first-order chi connectivity index (χ1) is 17.1. The van der Waals surface area contributed by atoms with Gasteiger partial charge in [0.2, 0.25) is 16.6 Å². The van der Waals surface area contributed by atoms with Crippen LogP contribution in [0.15, 0.2) is 54.6 Å². The molecule has 0 heterocycles. The molecule has 0 aromatic heterocycles. The highest BCUT2D eigenvalue weighted by molar-refractivity contribution is 8.07. The van der Waals surface area contributed by atoms with Crippen molar-refractivity contribution < 1.29 is 37.9 Å². The van der Waals surface area contributed by atoms with Crippen molar-refractivity contribution in [3.8, 4) is 23.0 Å². The van der Waals surface area contributed by atoms with Crippen molar-refractivity contribution in [1.29, 1.82) is 0 Å². The summed E-state index contributed by atoms with van der Waals surface area (Å²) in [6.07, 6.45) is 0. The van der Waals surface area contributed by atoms with Gasteiger partial charge in [0.1, 0.15) is 34.1 Å². The highest BCUT2D eigenvalue weighted by Gasteiger charge is 2.52. The lowest BCUT2D eigenvalue weighted by atomic mass is 10.1. The predicted molar refractivity (Wildman–Crippen MR) is 136 cm³/mol. The van der Waals surface area contributed by atoms with Crippen molar-refractivity contribution in [3.05, 3.63) is 82.4 Å². The average molecular weight is 510 g/mol. The van der Waals surface area contributed by atoms with E-state index >= 15 is 0 Å². The Hall–Kier alpha value is -3.90. The van der Waals surface area contributed by atoms with Gasteiger partial charge in [-0.2, -0.15) is 0 Å². The minimum Gasteiger partial charge on any atom is -0.496 e. The molecule has 36 heavy (non-hydrogen) atoms. The predicted octanol–water partition coefficient (Wildman–Crippen LogP) is 5.52. The molecule has 0 aliphatic heterocycles. The Morgan fingerprint density at radius 1 is 0.611 bits per heavy atom. The number of aryl methyl sites for hydroxylation is 2. The molecule has 3 aromatic carbocycles. The highest BCUT2D eigenvalue weighted by Crippen LogP contribution is 2.58. The second kappa shape index (κ2) is 10.8. The van der Waals surface area contributed by atoms with Gasteiger partial charge in [-0.3, -0.25) is 18.9 Å². The van der Waals surface area contributed by atoms with Crippen LogP contribution in [0.2, 0.25) is 0 Å². The molecule has 0 saturated carbocycles. The van der Waals surface area contributed by atoms with Crippen LogP contribution < -0.4 is 18.9 Å². The lowest BCUT2D eigenvalue weighted by molar-refractivity contribution is 0.0997. The molecule has 0 aliphatic rings. The van der Waals surface area contributed by atoms with E-state index in [1.54, 1.807) is 38.1 Å². The zero-order valence-corrected chi connectivity index (χ0v) is 21.8. The van der Waals surface area contributed by atoms with Crippen molar-refractivity contribution >= 4 is 23.7 Å². The van der Waals surface area contributed by atoms with Gasteiger partial charge >= 0.3 is 0 Å². The van der Waals surface area contributed by atoms with E-state index < -0.39 is 23.7 Å². The molecule has 8 nitrogen and oxygen atoms in total. The van der Waals surface area contributed by atoms with Gasteiger partial charge in [-0.1, -0.05) is 29.8 Å². The first-order valence-corrected chi connectivity index (χ1v) is 12.6. The van der Waals surface area contributed by atoms with Crippen LogP contribution >= 0.6 is 7.14 Å². The van der Waals surface area contributed by atoms with Crippen LogP contribution in [-0.2, 0) is 4.57 Å². The normalized spacial score (nSPS) is 10.9. The molecule has 0 atom stereocenters. The van der Waals surface area contributed by atoms with Crippen molar-refractivity contribution in [2.45, 2.75) is 13.8 Å². The largest absolute Gasteiger partial charge is 0.496 e. The van der Waals surface area contributed by atoms with Gasteiger partial charge < -0.3 is 18.9 Å². The summed E-state index contributed by atoms with van der Waals surface area (Å²) in [5.74, 6) is 0.0301. The van der Waals surface area contributed by atoms with Crippen LogP contribution in [0, 0.1) is 13.8 Å². The summed E-state index contributed by atoms with van der Waals surface area (Å²) in [7, 11) is 0.152. The molecule has 0 amide bonds. The number of benzene rings is 3. The highest BCUT2D eigenvalue weighted by atomic mass is 31.2. The van der Waals surface area contributed by atoms with E-state index in [2.05, 4.69) is 0 Å². The van der Waals surface area contributed by atoms with E-state index in [9.17, 15) is 18.9 Å². The smallest absolute Gasteiger partial charge is 0.287 e. The van der Waals surface area contributed by atoms with Crippen molar-refractivity contribution in [1.82, 2.24) is 0 Å². The quantitative estimate of drug-likeness (QED) is 0.328. The van der Waals surface area contributed by atoms with Gasteiger partial charge in [0.05, 0.1) is 28.4 Å². The first kappa shape index (κ1) is 26.7. The monoisotopic (exact) mass is 510 g/mol. The van der Waals surface area contributed by atoms with Gasteiger partial charge in [0, 0.05) is 5.56 Å². The number of ether oxygens (including phenoxy) is 4. The Kier molecular flexibility index (Phi) is 8.00. The fourth-order valence-electron chi connectivity index (χ4n) is 3.85. The molecule has 0 radical (unpaired) electrons. The summed E-state index contributed by atoms with van der Waals surface area (Å²) >= 11 is 0. The summed E-state index contributed by atoms with van der Waals surface area (Å²) in [5.41, 5.74) is -2.90. The standard InChI is InChI=1S/C27H27O8P/c1-16-13-14-17(2)18(15-16)25(28)36(31,26(29)23-19(32-3)9-7-10-20(23)33-4)27(30)24-21(34-5)11-8-12-22(24)35-6/h7-15H,1-6H3. The molecule has 3 rings (SSSR count). The first-order valence-electron chi connectivity index (χ1n) is 10.9. The van der Waals surface area contributed by atoms with Gasteiger partial charge in [0.15, 0.2) is 0 Å². The minimum absolute atomic E-state index is 0.00256. The van der Waals surface area contributed by atoms with E-state index in [1.165, 1.54) is 58.8 Å². The Labute approximate surface area is 209 Å². The zero-order chi connectivity index (χ0) is 26.6. The number of carbonyl (C=O) groups excluding carboxylic acids is 3. The maximum Gasteiger partial charge on any atom is 0.287 e. The molecule has 0 N–H and O–H groups in total. The molecule has 9 heteroatoms. The maximum atomic E-state index is 14.8. The lowest BCUT2D eigenvalue weighted by Gasteiger charge is -2.21. The third-order valence-electron chi connectivity index (χ3n) is 5.76. The summed E-state index contributed by atoms with van der Waals surface area (Å²) < 4.78 is 36.0. The molecule has 0 saturated heterocycles. The second-order valence-electron chi connectivity index (χ2n) is 7.92. The molecule has 0 aliphatic carbocycles. The topological polar surface area (TPSA) is 105 Å². The summed E-state index contributed by atoms with van der Waals surface area (Å²) in [6, 6.07) is 13.9. The maximum absolute atomic E-state index is 14.8. The number of carbonyl (C=O) groups is 3. The van der Waals surface area contributed by atoms with Crippen molar-refractivity contribution in [2.24, 2.45) is 0 Å². The minimum atomic E-state index is -5.10. The number of hydrogen-bond donors (Lipinski definition) is 0. The molecule has 0 fully saturated rings. The molecule has 0 bridgehead atoms. The third kappa shape index (κ3) is 4.52. The number of methoxy groups -OCH3 is 4. The van der Waals surface area contributed by atoms with Gasteiger partial charge in [0.25, 0.3) is 7.14 Å². The van der Waals surface area contributed by atoms with E-state index in [0.717, 1.165) is 0 Å². The number of hydrogen-bond acceptors (Lipinski definition) is 8. The zero-order valence-electron chi connectivity index (χ0n) is 20.9. The molecular formula is C27H27O8P. The molecule has 3 aromatic rings. The molecular weight excluding hydrogens is 483 g/mol. The lowest BCUT2D eigenvalue weighted by Crippen LogP contribution is -2.21. The van der Waals surface area contributed by atoms with Crippen LogP contribution in [0.4, 0.5) is 0 Å². The van der Waals surface area contributed by atoms with Crippen molar-refractivity contribution in [2.75, 3.05) is 28.4 Å². The molecule has 0 spiro atoms. The van der Waals surface area contributed by atoms with Crippen LogP contribution in [0.25, 0.3) is 0 Å². The van der Waals surface area contributed by atoms with Gasteiger partial charge in [-0.15, -0.1) is 0 Å². The Bertz CT molecular complexity index is 1280. The molecule has 188 valence electrons. The second-order valence-corrected chi connectivity index (χ2v) is 10.4. The Morgan fingerprint density at radius 2 is 1.00 bits per heavy atom. The van der Waals surface area contributed by atoms with Gasteiger partial charge in [-0.05, 0) is 49.7 Å². The summed E-state index contributed by atoms with van der Waals surface area (Å²) in [4.78, 5) is 42.2. The van der Waals surface area contributed by atoms with Crippen molar-refractivity contribution in [3.63, 3.8) is 0 Å². The summed E-state index contributed by atoms with van der Waals surface area (Å²) in [5, 5.41) is 0. The van der Waals surface area contributed by atoms with Crippen LogP contribution in [0.3, 0.4) is 0 Å². The summed E-state index contributed by atoms with van der Waals surface area (Å²) in [6.45, 7) is 3.39. The van der Waals surface area contributed by atoms with E-state index in [0.29, 0.717) is 11.1 Å². The van der Waals surface area contributed by atoms with E-state index in [1.807, 2.05) is 0 Å². The molecule has 0 unspecified atom stereocenters. The van der Waals surface area contributed by atoms with Crippen LogP contribution in [0.5, 0.6) is 23.0 Å². The fourth-order valence-corrected chi connectivity index (χ4v) is 6.06. The number of rotatable bonds is 10. The van der Waals surface area contributed by atoms with E-state index in [4.69, 9.17) is 18.9 Å². The fraction of sp³-hybridized carbons (Fsp3) is 0.222. The van der Waals surface area contributed by atoms with Gasteiger partial charge in [-0.25, -0.2) is 0 Å². The Balaban J connectivity index is 2.40. The third-order valence-corrected chi connectivity index (χ3v) is 8.17.